The van der Waals surface area contributed by atoms with Gasteiger partial charge in [0.1, 0.15) is 11.5 Å². The van der Waals surface area contributed by atoms with Crippen LogP contribution in [0, 0.1) is 6.92 Å². The van der Waals surface area contributed by atoms with Gasteiger partial charge in [0.15, 0.2) is 5.96 Å². The number of rotatable bonds is 7. The lowest BCUT2D eigenvalue weighted by Gasteiger charge is -2.33. The Labute approximate surface area is 162 Å². The first-order valence-corrected chi connectivity index (χ1v) is 10.1. The molecule has 1 aromatic rings. The second-order valence-corrected chi connectivity index (χ2v) is 7.59. The molecule has 3 rings (SSSR count). The molecule has 0 radical (unpaired) electrons. The standard InChI is InChI=1S/C20H34N4O3/c1-4-21-19(23-15-20(3)8-5-11-26-20)22-14-17(18-7-6-16(2)27-18)24-9-12-25-13-10-24/h6-7,17H,4-5,8-15H2,1-3H3,(H2,21,22,23). The highest BCUT2D eigenvalue weighted by atomic mass is 16.5. The van der Waals surface area contributed by atoms with E-state index in [1.54, 1.807) is 0 Å². The predicted molar refractivity (Wildman–Crippen MR) is 106 cm³/mol. The lowest BCUT2D eigenvalue weighted by Crippen LogP contribution is -2.46. The molecule has 2 saturated heterocycles. The van der Waals surface area contributed by atoms with Crippen LogP contribution in [-0.2, 0) is 9.47 Å². The van der Waals surface area contributed by atoms with Crippen molar-refractivity contribution < 1.29 is 13.9 Å². The summed E-state index contributed by atoms with van der Waals surface area (Å²) in [6, 6.07) is 4.26. The van der Waals surface area contributed by atoms with Gasteiger partial charge in [0, 0.05) is 32.8 Å². The van der Waals surface area contributed by atoms with Crippen LogP contribution < -0.4 is 10.6 Å². The van der Waals surface area contributed by atoms with Crippen LogP contribution in [-0.4, -0.2) is 69.0 Å². The third kappa shape index (κ3) is 5.70. The van der Waals surface area contributed by atoms with Gasteiger partial charge in [-0.1, -0.05) is 0 Å². The van der Waals surface area contributed by atoms with Crippen molar-refractivity contribution in [2.45, 2.75) is 45.3 Å². The zero-order chi connectivity index (χ0) is 19.1. The maximum atomic E-state index is 5.95. The maximum Gasteiger partial charge on any atom is 0.191 e. The van der Waals surface area contributed by atoms with E-state index < -0.39 is 0 Å². The highest BCUT2D eigenvalue weighted by molar-refractivity contribution is 5.79. The third-order valence-corrected chi connectivity index (χ3v) is 5.26. The number of nitrogens with one attached hydrogen (secondary N) is 2. The van der Waals surface area contributed by atoms with Crippen molar-refractivity contribution in [3.05, 3.63) is 23.7 Å². The molecule has 3 heterocycles. The average Bonchev–Trinajstić information content (AvgIpc) is 3.30. The number of morpholine rings is 1. The Balaban J connectivity index is 1.65. The second-order valence-electron chi connectivity index (χ2n) is 7.59. The fourth-order valence-electron chi connectivity index (χ4n) is 3.67. The monoisotopic (exact) mass is 378 g/mol. The molecule has 0 saturated carbocycles. The Kier molecular flexibility index (Phi) is 7.15. The Morgan fingerprint density at radius 2 is 2.07 bits per heavy atom. The molecule has 27 heavy (non-hydrogen) atoms. The molecule has 0 amide bonds. The van der Waals surface area contributed by atoms with Crippen LogP contribution in [0.25, 0.3) is 0 Å². The summed E-state index contributed by atoms with van der Waals surface area (Å²) < 4.78 is 17.3. The van der Waals surface area contributed by atoms with Gasteiger partial charge in [-0.05, 0) is 45.7 Å². The van der Waals surface area contributed by atoms with Crippen molar-refractivity contribution >= 4 is 5.96 Å². The van der Waals surface area contributed by atoms with Crippen molar-refractivity contribution in [2.75, 3.05) is 52.5 Å². The number of aliphatic imine (C=N–C) groups is 1. The van der Waals surface area contributed by atoms with Gasteiger partial charge >= 0.3 is 0 Å². The van der Waals surface area contributed by atoms with Crippen molar-refractivity contribution in [3.8, 4) is 0 Å². The van der Waals surface area contributed by atoms with Crippen LogP contribution >= 0.6 is 0 Å². The number of hydrogen-bond acceptors (Lipinski definition) is 5. The molecule has 2 N–H and O–H groups in total. The van der Waals surface area contributed by atoms with E-state index in [0.29, 0.717) is 6.54 Å². The highest BCUT2D eigenvalue weighted by Crippen LogP contribution is 2.25. The van der Waals surface area contributed by atoms with Gasteiger partial charge in [0.25, 0.3) is 0 Å². The SMILES string of the molecule is CCNC(=NCC1(C)CCCO1)NCC(c1ccc(C)o1)N1CCOCC1. The number of aryl methyl sites for hydroxylation is 1. The summed E-state index contributed by atoms with van der Waals surface area (Å²) in [6.45, 7) is 12.6. The minimum atomic E-state index is -0.135. The third-order valence-electron chi connectivity index (χ3n) is 5.26. The van der Waals surface area contributed by atoms with E-state index in [4.69, 9.17) is 18.9 Å². The minimum Gasteiger partial charge on any atom is -0.465 e. The van der Waals surface area contributed by atoms with Gasteiger partial charge in [-0.2, -0.15) is 0 Å². The summed E-state index contributed by atoms with van der Waals surface area (Å²) in [5.74, 6) is 2.76. The summed E-state index contributed by atoms with van der Waals surface area (Å²) in [7, 11) is 0. The first kappa shape index (κ1) is 20.2. The van der Waals surface area contributed by atoms with Crippen LogP contribution in [0.5, 0.6) is 0 Å². The van der Waals surface area contributed by atoms with Crippen molar-refractivity contribution in [1.29, 1.82) is 0 Å². The normalized spacial score (nSPS) is 25.5. The quantitative estimate of drug-likeness (QED) is 0.559. The van der Waals surface area contributed by atoms with Crippen molar-refractivity contribution in [2.24, 2.45) is 4.99 Å². The smallest absolute Gasteiger partial charge is 0.191 e. The van der Waals surface area contributed by atoms with Crippen molar-refractivity contribution in [3.63, 3.8) is 0 Å². The summed E-state index contributed by atoms with van der Waals surface area (Å²) in [5.41, 5.74) is -0.135. The van der Waals surface area contributed by atoms with Gasteiger partial charge < -0.3 is 24.5 Å². The van der Waals surface area contributed by atoms with E-state index in [2.05, 4.69) is 35.4 Å². The molecular formula is C20H34N4O3. The fourth-order valence-corrected chi connectivity index (χ4v) is 3.67. The van der Waals surface area contributed by atoms with E-state index in [9.17, 15) is 0 Å². The lowest BCUT2D eigenvalue weighted by atomic mass is 10.0. The van der Waals surface area contributed by atoms with Crippen LogP contribution in [0.1, 0.15) is 44.3 Å². The fraction of sp³-hybridized carbons (Fsp3) is 0.750. The molecule has 7 heteroatoms. The van der Waals surface area contributed by atoms with Gasteiger partial charge in [0.2, 0.25) is 0 Å². The molecule has 152 valence electrons. The molecule has 0 spiro atoms. The Morgan fingerprint density at radius 3 is 2.70 bits per heavy atom. The summed E-state index contributed by atoms with van der Waals surface area (Å²) in [5, 5.41) is 6.86. The number of hydrogen-bond donors (Lipinski definition) is 2. The first-order chi connectivity index (χ1) is 13.1. The molecule has 1 aromatic heterocycles. The average molecular weight is 379 g/mol. The first-order valence-electron chi connectivity index (χ1n) is 10.1. The molecule has 7 nitrogen and oxygen atoms in total. The number of furan rings is 1. The molecule has 2 atom stereocenters. The zero-order valence-corrected chi connectivity index (χ0v) is 16.9. The zero-order valence-electron chi connectivity index (χ0n) is 16.9. The van der Waals surface area contributed by atoms with Crippen LogP contribution in [0.15, 0.2) is 21.5 Å². The van der Waals surface area contributed by atoms with Gasteiger partial charge in [-0.15, -0.1) is 0 Å². The van der Waals surface area contributed by atoms with E-state index in [-0.39, 0.29) is 11.6 Å². The van der Waals surface area contributed by atoms with Crippen LogP contribution in [0.2, 0.25) is 0 Å². The van der Waals surface area contributed by atoms with E-state index in [1.165, 1.54) is 0 Å². The molecule has 2 aliphatic heterocycles. The Bertz CT molecular complexity index is 604. The van der Waals surface area contributed by atoms with Crippen LogP contribution in [0.3, 0.4) is 0 Å². The highest BCUT2D eigenvalue weighted by Gasteiger charge is 2.30. The van der Waals surface area contributed by atoms with E-state index in [0.717, 1.165) is 76.3 Å². The predicted octanol–water partition coefficient (Wildman–Crippen LogP) is 2.09. The summed E-state index contributed by atoms with van der Waals surface area (Å²) >= 11 is 0. The minimum absolute atomic E-state index is 0.135. The largest absolute Gasteiger partial charge is 0.465 e. The molecule has 0 bridgehead atoms. The topological polar surface area (TPSA) is 71.3 Å². The number of ether oxygens (including phenoxy) is 2. The number of nitrogens with zero attached hydrogens (tertiary/aromatic N) is 2. The maximum absolute atomic E-state index is 5.95. The van der Waals surface area contributed by atoms with E-state index in [1.807, 2.05) is 13.0 Å². The van der Waals surface area contributed by atoms with Gasteiger partial charge in [0.05, 0.1) is 31.4 Å². The summed E-state index contributed by atoms with van der Waals surface area (Å²) in [4.78, 5) is 7.20. The van der Waals surface area contributed by atoms with Gasteiger partial charge in [-0.25, -0.2) is 0 Å². The van der Waals surface area contributed by atoms with Gasteiger partial charge in [-0.3, -0.25) is 9.89 Å². The molecular weight excluding hydrogens is 344 g/mol. The molecule has 2 unspecified atom stereocenters. The number of guanidine groups is 1. The Hall–Kier alpha value is -1.57. The molecule has 0 aliphatic carbocycles. The second kappa shape index (κ2) is 9.57. The van der Waals surface area contributed by atoms with Crippen molar-refractivity contribution in [1.82, 2.24) is 15.5 Å². The molecule has 0 aromatic carbocycles. The summed E-state index contributed by atoms with van der Waals surface area (Å²) in [6.07, 6.45) is 2.19. The Morgan fingerprint density at radius 1 is 1.26 bits per heavy atom. The molecule has 2 fully saturated rings. The van der Waals surface area contributed by atoms with Crippen LogP contribution in [0.4, 0.5) is 0 Å². The van der Waals surface area contributed by atoms with E-state index >= 15 is 0 Å². The lowest BCUT2D eigenvalue weighted by molar-refractivity contribution is 0.0124. The molecule has 2 aliphatic rings.